The number of aliphatic hydroxyl groups is 1. The van der Waals surface area contributed by atoms with Crippen LogP contribution in [0, 0.1) is 5.92 Å². The standard InChI is InChI=1S/C28H37N3O8S/c29-20-9-6-10-21(16-20)40(34,35)28(12-4-5-13-28)39-30-17-24(32)23(15-19-7-2-1-3-8-19)31-27(33)38-25-18-37-26-22(25)11-14-36-26/h1-3,6-10,16,22-26,30,32H,4-5,11-15,17-18,29H2,(H,31,33)/t22-,23-,24+,25-,26+/m0/s1. The molecule has 11 nitrogen and oxygen atoms in total. The molecule has 2 aromatic rings. The molecule has 1 amide bonds. The lowest BCUT2D eigenvalue weighted by atomic mass is 10.0. The summed E-state index contributed by atoms with van der Waals surface area (Å²) in [5, 5.41) is 13.9. The highest BCUT2D eigenvalue weighted by Gasteiger charge is 2.49. The Morgan fingerprint density at radius 1 is 1.12 bits per heavy atom. The van der Waals surface area contributed by atoms with Crippen LogP contribution in [0.4, 0.5) is 10.5 Å². The van der Waals surface area contributed by atoms with Gasteiger partial charge < -0.3 is 30.4 Å². The van der Waals surface area contributed by atoms with Gasteiger partial charge in [0, 0.05) is 12.2 Å². The minimum absolute atomic E-state index is 0.0113. The van der Waals surface area contributed by atoms with E-state index in [0.29, 0.717) is 44.4 Å². The molecule has 5 atom stereocenters. The van der Waals surface area contributed by atoms with Crippen molar-refractivity contribution in [3.8, 4) is 0 Å². The first-order valence-electron chi connectivity index (χ1n) is 13.7. The summed E-state index contributed by atoms with van der Waals surface area (Å²) >= 11 is 0. The largest absolute Gasteiger partial charge is 0.443 e. The van der Waals surface area contributed by atoms with Crippen LogP contribution in [0.3, 0.4) is 0 Å². The van der Waals surface area contributed by atoms with Crippen LogP contribution in [0.1, 0.15) is 37.7 Å². The van der Waals surface area contributed by atoms with Gasteiger partial charge >= 0.3 is 6.09 Å². The molecular formula is C28H37N3O8S. The lowest BCUT2D eigenvalue weighted by molar-refractivity contribution is -0.0907. The Balaban J connectivity index is 1.23. The molecule has 2 aliphatic heterocycles. The van der Waals surface area contributed by atoms with Crippen LogP contribution < -0.4 is 16.5 Å². The first-order valence-corrected chi connectivity index (χ1v) is 15.2. The van der Waals surface area contributed by atoms with Gasteiger partial charge in [0.2, 0.25) is 9.84 Å². The van der Waals surface area contributed by atoms with E-state index in [9.17, 15) is 18.3 Å². The Kier molecular flexibility index (Phi) is 8.93. The normalized spacial score (nSPS) is 25.3. The van der Waals surface area contributed by atoms with E-state index >= 15 is 0 Å². The van der Waals surface area contributed by atoms with Crippen molar-refractivity contribution in [3.05, 3.63) is 60.2 Å². The van der Waals surface area contributed by atoms with Crippen molar-refractivity contribution >= 4 is 21.6 Å². The van der Waals surface area contributed by atoms with E-state index in [1.54, 1.807) is 12.1 Å². The number of aliphatic hydroxyl groups excluding tert-OH is 1. The number of hydrogen-bond donors (Lipinski definition) is 4. The molecule has 2 saturated heterocycles. The van der Waals surface area contributed by atoms with Crippen molar-refractivity contribution in [2.75, 3.05) is 25.5 Å². The van der Waals surface area contributed by atoms with E-state index < -0.39 is 39.1 Å². The lowest BCUT2D eigenvalue weighted by Crippen LogP contribution is -2.51. The van der Waals surface area contributed by atoms with Gasteiger partial charge in [-0.3, -0.25) is 4.84 Å². The number of nitrogen functional groups attached to an aromatic ring is 1. The second-order valence-electron chi connectivity index (χ2n) is 10.6. The maximum atomic E-state index is 13.6. The predicted molar refractivity (Wildman–Crippen MR) is 145 cm³/mol. The summed E-state index contributed by atoms with van der Waals surface area (Å²) < 4.78 is 43.8. The molecule has 2 aromatic carbocycles. The zero-order valence-corrected chi connectivity index (χ0v) is 23.1. The van der Waals surface area contributed by atoms with E-state index in [0.717, 1.165) is 12.0 Å². The van der Waals surface area contributed by atoms with Gasteiger partial charge in [0.05, 0.1) is 36.2 Å². The molecule has 5 rings (SSSR count). The Bertz CT molecular complexity index is 1260. The summed E-state index contributed by atoms with van der Waals surface area (Å²) in [7, 11) is -3.89. The van der Waals surface area contributed by atoms with Crippen LogP contribution in [-0.2, 0) is 35.3 Å². The third kappa shape index (κ3) is 6.27. The smallest absolute Gasteiger partial charge is 0.407 e. The van der Waals surface area contributed by atoms with Gasteiger partial charge in [-0.05, 0) is 62.3 Å². The quantitative estimate of drug-likeness (QED) is 0.231. The number of benzene rings is 2. The molecule has 0 spiro atoms. The van der Waals surface area contributed by atoms with E-state index in [1.165, 1.54) is 12.1 Å². The highest BCUT2D eigenvalue weighted by Crippen LogP contribution is 2.41. The van der Waals surface area contributed by atoms with Crippen molar-refractivity contribution in [3.63, 3.8) is 0 Å². The summed E-state index contributed by atoms with van der Waals surface area (Å²) in [5.41, 5.74) is 9.80. The van der Waals surface area contributed by atoms with E-state index in [-0.39, 0.29) is 30.3 Å². The number of rotatable bonds is 11. The maximum absolute atomic E-state index is 13.6. The highest BCUT2D eigenvalue weighted by atomic mass is 32.2. The molecule has 0 bridgehead atoms. The molecule has 12 heteroatoms. The fraction of sp³-hybridized carbons (Fsp3) is 0.536. The first-order chi connectivity index (χ1) is 19.3. The average Bonchev–Trinajstić information content (AvgIpc) is 3.69. The van der Waals surface area contributed by atoms with E-state index in [1.807, 2.05) is 30.3 Å². The fourth-order valence-corrected chi connectivity index (χ4v) is 7.63. The third-order valence-corrected chi connectivity index (χ3v) is 10.2. The van der Waals surface area contributed by atoms with Crippen LogP contribution in [0.2, 0.25) is 0 Å². The van der Waals surface area contributed by atoms with Gasteiger partial charge in [-0.2, -0.15) is 5.48 Å². The lowest BCUT2D eigenvalue weighted by Gasteiger charge is -2.30. The number of nitrogens with two attached hydrogens (primary N) is 1. The monoisotopic (exact) mass is 575 g/mol. The molecule has 3 aliphatic rings. The minimum Gasteiger partial charge on any atom is -0.443 e. The zero-order chi connectivity index (χ0) is 28.2. The average molecular weight is 576 g/mol. The molecule has 1 aliphatic carbocycles. The Morgan fingerprint density at radius 2 is 1.90 bits per heavy atom. The summed E-state index contributed by atoms with van der Waals surface area (Å²) in [4.78, 5) is 17.3. The topological polar surface area (TPSA) is 158 Å². The van der Waals surface area contributed by atoms with Gasteiger partial charge in [0.1, 0.15) is 6.10 Å². The van der Waals surface area contributed by atoms with Gasteiger partial charge in [-0.1, -0.05) is 36.4 Å². The Hall–Kier alpha value is -2.74. The fourth-order valence-electron chi connectivity index (χ4n) is 5.66. The van der Waals surface area contributed by atoms with Crippen LogP contribution in [0.15, 0.2) is 59.5 Å². The number of sulfone groups is 1. The number of fused-ring (bicyclic) bond motifs is 1. The number of anilines is 1. The molecular weight excluding hydrogens is 538 g/mol. The van der Waals surface area contributed by atoms with Crippen molar-refractivity contribution in [1.29, 1.82) is 0 Å². The number of alkyl carbamates (subject to hydrolysis) is 1. The highest BCUT2D eigenvalue weighted by molar-refractivity contribution is 7.92. The molecule has 0 radical (unpaired) electrons. The Morgan fingerprint density at radius 3 is 2.65 bits per heavy atom. The van der Waals surface area contributed by atoms with Crippen molar-refractivity contribution in [2.24, 2.45) is 5.92 Å². The van der Waals surface area contributed by atoms with Crippen LogP contribution >= 0.6 is 0 Å². The number of hydrogen-bond acceptors (Lipinski definition) is 10. The second kappa shape index (κ2) is 12.4. The number of ether oxygens (including phenoxy) is 3. The van der Waals surface area contributed by atoms with Crippen molar-refractivity contribution < 1.29 is 37.4 Å². The first kappa shape index (κ1) is 28.8. The second-order valence-corrected chi connectivity index (χ2v) is 12.8. The van der Waals surface area contributed by atoms with Gasteiger partial charge in [-0.15, -0.1) is 0 Å². The van der Waals surface area contributed by atoms with Crippen molar-refractivity contribution in [2.45, 2.75) is 72.9 Å². The molecule has 5 N–H and O–H groups in total. The summed E-state index contributed by atoms with van der Waals surface area (Å²) in [6.07, 6.45) is 0.492. The van der Waals surface area contributed by atoms with Gasteiger partial charge in [0.25, 0.3) is 0 Å². The van der Waals surface area contributed by atoms with E-state index in [4.69, 9.17) is 24.8 Å². The van der Waals surface area contributed by atoms with Gasteiger partial charge in [0.15, 0.2) is 11.2 Å². The maximum Gasteiger partial charge on any atom is 0.407 e. The number of carbonyl (C=O) groups is 1. The number of nitrogens with one attached hydrogen (secondary N) is 2. The number of hydroxylamine groups is 1. The SMILES string of the molecule is Nc1cccc(S(=O)(=O)C2(ONC[C@@H](O)[C@H](Cc3ccccc3)NC(=O)O[C@H]3CO[C@H]4OCC[C@H]43)CCCC2)c1. The summed E-state index contributed by atoms with van der Waals surface area (Å²) in [5.74, 6) is -0.0113. The number of amides is 1. The molecule has 0 aromatic heterocycles. The molecule has 2 heterocycles. The van der Waals surface area contributed by atoms with Crippen LogP contribution in [-0.4, -0.2) is 68.8 Å². The van der Waals surface area contributed by atoms with Crippen LogP contribution in [0.5, 0.6) is 0 Å². The molecule has 40 heavy (non-hydrogen) atoms. The molecule has 218 valence electrons. The van der Waals surface area contributed by atoms with Gasteiger partial charge in [-0.25, -0.2) is 13.2 Å². The summed E-state index contributed by atoms with van der Waals surface area (Å²) in [6.45, 7) is 0.692. The number of carbonyl (C=O) groups excluding carboxylic acids is 1. The molecule has 3 fully saturated rings. The summed E-state index contributed by atoms with van der Waals surface area (Å²) in [6, 6.07) is 14.8. The third-order valence-electron chi connectivity index (χ3n) is 7.88. The van der Waals surface area contributed by atoms with Crippen LogP contribution in [0.25, 0.3) is 0 Å². The minimum atomic E-state index is -3.89. The predicted octanol–water partition coefficient (Wildman–Crippen LogP) is 2.29. The zero-order valence-electron chi connectivity index (χ0n) is 22.2. The molecule has 0 unspecified atom stereocenters. The molecule has 1 saturated carbocycles. The Labute approximate surface area is 234 Å². The van der Waals surface area contributed by atoms with Crippen molar-refractivity contribution in [1.82, 2.24) is 10.8 Å². The van der Waals surface area contributed by atoms with E-state index in [2.05, 4.69) is 10.8 Å².